The second kappa shape index (κ2) is 11.7. The first kappa shape index (κ1) is 28.2. The molecule has 0 spiro atoms. The van der Waals surface area contributed by atoms with Gasteiger partial charge in [0.2, 0.25) is 17.7 Å². The summed E-state index contributed by atoms with van der Waals surface area (Å²) < 4.78 is 27.7. The molecule has 2 amide bonds. The van der Waals surface area contributed by atoms with Crippen molar-refractivity contribution in [2.45, 2.75) is 39.3 Å². The number of nitrogens with zero attached hydrogens (tertiary/aromatic N) is 5. The quantitative estimate of drug-likeness (QED) is 0.444. The molecule has 0 saturated carbocycles. The van der Waals surface area contributed by atoms with Crippen LogP contribution in [-0.2, 0) is 9.53 Å². The van der Waals surface area contributed by atoms with Crippen LogP contribution < -0.4 is 20.3 Å². The number of likely N-dealkylation sites (N-methyl/N-ethyl adjacent to an activating group) is 1. The summed E-state index contributed by atoms with van der Waals surface area (Å²) in [6, 6.07) is 7.76. The lowest BCUT2D eigenvalue weighted by atomic mass is 10.0. The minimum atomic E-state index is -0.729. The largest absolute Gasteiger partial charge is 0.469 e. The van der Waals surface area contributed by atoms with Crippen molar-refractivity contribution < 1.29 is 23.5 Å². The molecule has 1 fully saturated rings. The number of rotatable bonds is 7. The predicted molar refractivity (Wildman–Crippen MR) is 153 cm³/mol. The number of pyridine rings is 1. The zero-order valence-electron chi connectivity index (χ0n) is 23.6. The van der Waals surface area contributed by atoms with Gasteiger partial charge >= 0.3 is 0 Å². The number of morpholine rings is 1. The first-order valence-corrected chi connectivity index (χ1v) is 13.6. The second-order valence-electron chi connectivity index (χ2n) is 10.7. The molecule has 1 atom stereocenters. The number of carbonyl (C=O) groups is 2. The SMILES string of the molecule is CCN1CC(C)(C)Oc2nc(N3CCOCC3C)nc(-c3ccc(NC(=O)CNc4ccncc4)cc3F)c2C1=O. The Morgan fingerprint density at radius 1 is 1.17 bits per heavy atom. The van der Waals surface area contributed by atoms with Gasteiger partial charge in [0.05, 0.1) is 38.0 Å². The molecule has 1 aromatic carbocycles. The van der Waals surface area contributed by atoms with Crippen LogP contribution in [0, 0.1) is 5.82 Å². The molecule has 1 saturated heterocycles. The highest BCUT2D eigenvalue weighted by atomic mass is 19.1. The standard InChI is InChI=1S/C29H34FN7O4/c1-5-36-17-29(3,4)41-26-24(27(36)39)25(34-28(35-26)37-12-13-40-16-18(37)2)21-7-6-20(14-22(21)30)33-23(38)15-32-19-8-10-31-11-9-19/h6-11,14,18H,5,12-13,15-17H2,1-4H3,(H,31,32)(H,33,38). The Labute approximate surface area is 238 Å². The minimum Gasteiger partial charge on any atom is -0.469 e. The van der Waals surface area contributed by atoms with Crippen LogP contribution in [0.15, 0.2) is 42.7 Å². The maximum atomic E-state index is 15.8. The van der Waals surface area contributed by atoms with Crippen LogP contribution in [0.2, 0.25) is 0 Å². The summed E-state index contributed by atoms with van der Waals surface area (Å²) >= 11 is 0. The number of nitrogens with one attached hydrogen (secondary N) is 2. The van der Waals surface area contributed by atoms with Crippen LogP contribution in [0.1, 0.15) is 38.1 Å². The van der Waals surface area contributed by atoms with Crippen LogP contribution in [-0.4, -0.2) is 82.7 Å². The van der Waals surface area contributed by atoms with Gasteiger partial charge in [0.1, 0.15) is 17.0 Å². The molecule has 0 aliphatic carbocycles. The lowest BCUT2D eigenvalue weighted by molar-refractivity contribution is -0.114. The monoisotopic (exact) mass is 563 g/mol. The van der Waals surface area contributed by atoms with Gasteiger partial charge < -0.3 is 29.9 Å². The highest BCUT2D eigenvalue weighted by Gasteiger charge is 2.38. The highest BCUT2D eigenvalue weighted by molar-refractivity contribution is 6.03. The molecule has 1 unspecified atom stereocenters. The Hall–Kier alpha value is -4.32. The molecule has 12 heteroatoms. The van der Waals surface area contributed by atoms with Gasteiger partial charge in [-0.2, -0.15) is 4.98 Å². The summed E-state index contributed by atoms with van der Waals surface area (Å²) in [4.78, 5) is 43.2. The predicted octanol–water partition coefficient (Wildman–Crippen LogP) is 3.59. The summed E-state index contributed by atoms with van der Waals surface area (Å²) in [7, 11) is 0. The van der Waals surface area contributed by atoms with Crippen molar-refractivity contribution in [1.29, 1.82) is 0 Å². The van der Waals surface area contributed by atoms with Crippen LogP contribution in [0.4, 0.5) is 21.7 Å². The molecule has 2 aliphatic heterocycles. The van der Waals surface area contributed by atoms with Gasteiger partial charge in [0.25, 0.3) is 5.91 Å². The van der Waals surface area contributed by atoms with Gasteiger partial charge in [-0.25, -0.2) is 9.37 Å². The van der Waals surface area contributed by atoms with Crippen molar-refractivity contribution >= 4 is 29.1 Å². The molecular weight excluding hydrogens is 529 g/mol. The number of anilines is 3. The molecule has 3 aromatic rings. The molecular formula is C29H34FN7O4. The topological polar surface area (TPSA) is 122 Å². The van der Waals surface area contributed by atoms with E-state index in [9.17, 15) is 9.59 Å². The third kappa shape index (κ3) is 6.22. The molecule has 2 aromatic heterocycles. The Morgan fingerprint density at radius 2 is 1.95 bits per heavy atom. The van der Waals surface area contributed by atoms with Crippen molar-refractivity contribution in [3.8, 4) is 17.1 Å². The summed E-state index contributed by atoms with van der Waals surface area (Å²) in [6.45, 7) is 9.93. The maximum Gasteiger partial charge on any atom is 0.261 e. The van der Waals surface area contributed by atoms with E-state index in [4.69, 9.17) is 14.5 Å². The molecule has 216 valence electrons. The number of benzene rings is 1. The number of ether oxygens (including phenoxy) is 2. The lowest BCUT2D eigenvalue weighted by Gasteiger charge is -2.34. The highest BCUT2D eigenvalue weighted by Crippen LogP contribution is 2.37. The van der Waals surface area contributed by atoms with Gasteiger partial charge in [0, 0.05) is 42.4 Å². The van der Waals surface area contributed by atoms with Crippen molar-refractivity contribution in [2.75, 3.05) is 54.9 Å². The van der Waals surface area contributed by atoms with Crippen LogP contribution in [0.25, 0.3) is 11.3 Å². The van der Waals surface area contributed by atoms with E-state index >= 15 is 4.39 Å². The fourth-order valence-electron chi connectivity index (χ4n) is 4.92. The fraction of sp³-hybridized carbons (Fsp3) is 0.414. The number of aromatic nitrogens is 3. The Morgan fingerprint density at radius 3 is 2.66 bits per heavy atom. The third-order valence-corrected chi connectivity index (χ3v) is 6.96. The van der Waals surface area contributed by atoms with E-state index in [0.717, 1.165) is 5.69 Å². The van der Waals surface area contributed by atoms with E-state index in [1.54, 1.807) is 35.5 Å². The normalized spacial score (nSPS) is 18.3. The van der Waals surface area contributed by atoms with E-state index in [1.807, 2.05) is 32.6 Å². The molecule has 2 N–H and O–H groups in total. The molecule has 2 aliphatic rings. The summed E-state index contributed by atoms with van der Waals surface area (Å²) in [5.74, 6) is -0.872. The number of carbonyl (C=O) groups excluding carboxylic acids is 2. The van der Waals surface area contributed by atoms with Gasteiger partial charge in [-0.1, -0.05) is 0 Å². The van der Waals surface area contributed by atoms with E-state index in [1.165, 1.54) is 12.1 Å². The summed E-state index contributed by atoms with van der Waals surface area (Å²) in [5, 5.41) is 5.68. The molecule has 41 heavy (non-hydrogen) atoms. The number of amides is 2. The van der Waals surface area contributed by atoms with E-state index in [-0.39, 0.29) is 52.8 Å². The Balaban J connectivity index is 1.51. The average Bonchev–Trinajstić information content (AvgIpc) is 3.04. The van der Waals surface area contributed by atoms with Gasteiger partial charge in [0.15, 0.2) is 0 Å². The number of halogens is 1. The average molecular weight is 564 g/mol. The lowest BCUT2D eigenvalue weighted by Crippen LogP contribution is -2.44. The first-order chi connectivity index (χ1) is 19.6. The Kier molecular flexibility index (Phi) is 8.02. The number of fused-ring (bicyclic) bond motifs is 1. The van der Waals surface area contributed by atoms with Crippen molar-refractivity contribution in [3.05, 3.63) is 54.1 Å². The fourth-order valence-corrected chi connectivity index (χ4v) is 4.92. The van der Waals surface area contributed by atoms with Crippen LogP contribution in [0.3, 0.4) is 0 Å². The van der Waals surface area contributed by atoms with Gasteiger partial charge in [-0.05, 0) is 58.0 Å². The van der Waals surface area contributed by atoms with Gasteiger partial charge in [-0.15, -0.1) is 0 Å². The minimum absolute atomic E-state index is 0.0115. The zero-order valence-corrected chi connectivity index (χ0v) is 23.6. The number of hydrogen-bond acceptors (Lipinski definition) is 9. The molecule has 0 bridgehead atoms. The smallest absolute Gasteiger partial charge is 0.261 e. The third-order valence-electron chi connectivity index (χ3n) is 6.96. The second-order valence-corrected chi connectivity index (χ2v) is 10.7. The maximum absolute atomic E-state index is 15.8. The van der Waals surface area contributed by atoms with Crippen molar-refractivity contribution in [1.82, 2.24) is 19.9 Å². The van der Waals surface area contributed by atoms with Crippen molar-refractivity contribution in [3.63, 3.8) is 0 Å². The molecule has 0 radical (unpaired) electrons. The Bertz CT molecular complexity index is 1440. The van der Waals surface area contributed by atoms with Crippen LogP contribution >= 0.6 is 0 Å². The molecule has 4 heterocycles. The number of hydrogen-bond donors (Lipinski definition) is 2. The van der Waals surface area contributed by atoms with Crippen molar-refractivity contribution in [2.24, 2.45) is 0 Å². The molecule has 5 rings (SSSR count). The van der Waals surface area contributed by atoms with E-state index in [0.29, 0.717) is 38.8 Å². The summed E-state index contributed by atoms with van der Waals surface area (Å²) in [5.41, 5.74) is 0.634. The van der Waals surface area contributed by atoms with Crippen LogP contribution in [0.5, 0.6) is 5.88 Å². The molecule has 11 nitrogen and oxygen atoms in total. The zero-order chi connectivity index (χ0) is 29.1. The summed E-state index contributed by atoms with van der Waals surface area (Å²) in [6.07, 6.45) is 3.23. The van der Waals surface area contributed by atoms with E-state index in [2.05, 4.69) is 20.6 Å². The van der Waals surface area contributed by atoms with E-state index < -0.39 is 11.4 Å². The van der Waals surface area contributed by atoms with Gasteiger partial charge in [-0.3, -0.25) is 14.6 Å². The first-order valence-electron chi connectivity index (χ1n) is 13.6.